The van der Waals surface area contributed by atoms with Crippen LogP contribution in [0.3, 0.4) is 0 Å². The van der Waals surface area contributed by atoms with Gasteiger partial charge in [-0.05, 0) is 46.2 Å². The summed E-state index contributed by atoms with van der Waals surface area (Å²) in [6, 6.07) is 63.3. The molecule has 0 atom stereocenters. The van der Waals surface area contributed by atoms with Crippen LogP contribution in [-0.2, 0) is 0 Å². The molecule has 270 valence electrons. The van der Waals surface area contributed by atoms with Crippen LogP contribution >= 0.6 is 11.3 Å². The fourth-order valence-corrected chi connectivity index (χ4v) is 9.62. The lowest BCUT2D eigenvalue weighted by Crippen LogP contribution is -2.00. The standard InChI is InChI=1S/C52H30N4OS/c1-2-14-31(15-3-1)50-54-51(56-52(55-50)43-25-13-24-40-37-20-8-10-26-44(37)57-48(40)43)33-17-12-16-32(30-33)34-28-29-39(36-19-5-4-18-35(34)36)46-38-21-6-7-22-41(38)49-47(53-46)42-23-9-11-27-45(42)58-49/h1-30H. The molecule has 0 saturated carbocycles. The molecule has 8 aromatic carbocycles. The van der Waals surface area contributed by atoms with Crippen LogP contribution in [0, 0.1) is 0 Å². The van der Waals surface area contributed by atoms with Gasteiger partial charge in [0.25, 0.3) is 0 Å². The summed E-state index contributed by atoms with van der Waals surface area (Å²) in [5.41, 5.74) is 9.57. The smallest absolute Gasteiger partial charge is 0.167 e. The molecule has 0 unspecified atom stereocenters. The quantitative estimate of drug-likeness (QED) is 0.175. The molecule has 0 fully saturated rings. The first-order valence-electron chi connectivity index (χ1n) is 19.3. The Bertz CT molecular complexity index is 3590. The zero-order valence-corrected chi connectivity index (χ0v) is 31.7. The highest BCUT2D eigenvalue weighted by Gasteiger charge is 2.20. The van der Waals surface area contributed by atoms with Gasteiger partial charge in [-0.25, -0.2) is 19.9 Å². The lowest BCUT2D eigenvalue weighted by Gasteiger charge is -2.14. The maximum atomic E-state index is 6.44. The molecule has 0 aliphatic heterocycles. The maximum Gasteiger partial charge on any atom is 0.167 e. The normalized spacial score (nSPS) is 11.8. The van der Waals surface area contributed by atoms with E-state index in [0.717, 1.165) is 82.7 Å². The van der Waals surface area contributed by atoms with Gasteiger partial charge in [0, 0.05) is 48.3 Å². The van der Waals surface area contributed by atoms with Crippen molar-refractivity contribution >= 4 is 75.1 Å². The zero-order valence-electron chi connectivity index (χ0n) is 30.9. The Kier molecular flexibility index (Phi) is 7.33. The van der Waals surface area contributed by atoms with E-state index >= 15 is 0 Å². The van der Waals surface area contributed by atoms with E-state index in [2.05, 4.69) is 121 Å². The Balaban J connectivity index is 1.03. The van der Waals surface area contributed by atoms with Gasteiger partial charge < -0.3 is 4.42 Å². The summed E-state index contributed by atoms with van der Waals surface area (Å²) in [4.78, 5) is 20.7. The highest BCUT2D eigenvalue weighted by Crippen LogP contribution is 2.44. The van der Waals surface area contributed by atoms with Gasteiger partial charge in [0.05, 0.1) is 21.5 Å². The number of hydrogen-bond donors (Lipinski definition) is 0. The number of furan rings is 1. The second kappa shape index (κ2) is 13.0. The molecule has 0 amide bonds. The van der Waals surface area contributed by atoms with Gasteiger partial charge in [-0.3, -0.25) is 0 Å². The zero-order chi connectivity index (χ0) is 38.2. The molecule has 0 N–H and O–H groups in total. The van der Waals surface area contributed by atoms with Crippen LogP contribution in [0.2, 0.25) is 0 Å². The van der Waals surface area contributed by atoms with E-state index in [1.807, 2.05) is 72.0 Å². The topological polar surface area (TPSA) is 64.7 Å². The van der Waals surface area contributed by atoms with Gasteiger partial charge in [-0.2, -0.15) is 0 Å². The number of aromatic nitrogens is 4. The van der Waals surface area contributed by atoms with E-state index in [1.54, 1.807) is 0 Å². The van der Waals surface area contributed by atoms with Crippen molar-refractivity contribution in [2.24, 2.45) is 0 Å². The average Bonchev–Trinajstić information content (AvgIpc) is 3.87. The number of para-hydroxylation sites is 2. The molecule has 0 radical (unpaired) electrons. The monoisotopic (exact) mass is 758 g/mol. The van der Waals surface area contributed by atoms with E-state index < -0.39 is 0 Å². The van der Waals surface area contributed by atoms with Gasteiger partial charge in [0.2, 0.25) is 0 Å². The second-order valence-electron chi connectivity index (χ2n) is 14.5. The van der Waals surface area contributed by atoms with Crippen LogP contribution in [0.15, 0.2) is 186 Å². The van der Waals surface area contributed by atoms with Gasteiger partial charge in [0.15, 0.2) is 17.5 Å². The van der Waals surface area contributed by atoms with Crippen molar-refractivity contribution in [3.05, 3.63) is 182 Å². The molecule has 0 aliphatic rings. The number of nitrogens with zero attached hydrogens (tertiary/aromatic N) is 4. The van der Waals surface area contributed by atoms with Crippen molar-refractivity contribution in [3.8, 4) is 56.5 Å². The van der Waals surface area contributed by atoms with Crippen LogP contribution in [-0.4, -0.2) is 19.9 Å². The van der Waals surface area contributed by atoms with Crippen LogP contribution in [0.25, 0.3) is 120 Å². The first kappa shape index (κ1) is 32.7. The lowest BCUT2D eigenvalue weighted by molar-refractivity contribution is 0.669. The average molecular weight is 759 g/mol. The Morgan fingerprint density at radius 1 is 0.362 bits per heavy atom. The van der Waals surface area contributed by atoms with E-state index in [0.29, 0.717) is 17.5 Å². The molecule has 0 bridgehead atoms. The molecule has 0 saturated heterocycles. The molecular weight excluding hydrogens is 729 g/mol. The molecule has 4 aromatic heterocycles. The fraction of sp³-hybridized carbons (Fsp3) is 0. The maximum absolute atomic E-state index is 6.44. The molecule has 5 nitrogen and oxygen atoms in total. The highest BCUT2D eigenvalue weighted by atomic mass is 32.1. The summed E-state index contributed by atoms with van der Waals surface area (Å²) >= 11 is 1.82. The predicted octanol–water partition coefficient (Wildman–Crippen LogP) is 14.2. The van der Waals surface area contributed by atoms with Crippen molar-refractivity contribution in [1.29, 1.82) is 0 Å². The molecule has 12 aromatic rings. The summed E-state index contributed by atoms with van der Waals surface area (Å²) in [5, 5.41) is 7.96. The largest absolute Gasteiger partial charge is 0.455 e. The van der Waals surface area contributed by atoms with E-state index in [1.165, 1.54) is 20.2 Å². The first-order chi connectivity index (χ1) is 28.7. The highest BCUT2D eigenvalue weighted by molar-refractivity contribution is 7.26. The number of thiophene rings is 1. The van der Waals surface area contributed by atoms with Crippen LogP contribution in [0.5, 0.6) is 0 Å². The number of benzene rings is 8. The third-order valence-corrected chi connectivity index (χ3v) is 12.3. The Morgan fingerprint density at radius 3 is 1.79 bits per heavy atom. The fourth-order valence-electron chi connectivity index (χ4n) is 8.44. The summed E-state index contributed by atoms with van der Waals surface area (Å²) in [6.45, 7) is 0. The Morgan fingerprint density at radius 2 is 0.948 bits per heavy atom. The van der Waals surface area contributed by atoms with Crippen molar-refractivity contribution in [2.75, 3.05) is 0 Å². The third-order valence-electron chi connectivity index (χ3n) is 11.1. The van der Waals surface area contributed by atoms with Gasteiger partial charge in [0.1, 0.15) is 11.2 Å². The third kappa shape index (κ3) is 5.16. The second-order valence-corrected chi connectivity index (χ2v) is 15.6. The predicted molar refractivity (Wildman–Crippen MR) is 240 cm³/mol. The number of hydrogen-bond acceptors (Lipinski definition) is 6. The van der Waals surface area contributed by atoms with Crippen molar-refractivity contribution in [1.82, 2.24) is 19.9 Å². The van der Waals surface area contributed by atoms with Crippen molar-refractivity contribution in [2.45, 2.75) is 0 Å². The van der Waals surface area contributed by atoms with E-state index in [-0.39, 0.29) is 0 Å². The summed E-state index contributed by atoms with van der Waals surface area (Å²) in [7, 11) is 0. The summed E-state index contributed by atoms with van der Waals surface area (Å²) in [5.74, 6) is 1.75. The van der Waals surface area contributed by atoms with Crippen molar-refractivity contribution in [3.63, 3.8) is 0 Å². The van der Waals surface area contributed by atoms with Gasteiger partial charge in [-0.1, -0.05) is 158 Å². The van der Waals surface area contributed by atoms with Crippen LogP contribution in [0.4, 0.5) is 0 Å². The molecule has 58 heavy (non-hydrogen) atoms. The number of pyridine rings is 1. The minimum absolute atomic E-state index is 0.559. The molecule has 0 spiro atoms. The molecule has 4 heterocycles. The van der Waals surface area contributed by atoms with Crippen LogP contribution in [0.1, 0.15) is 0 Å². The first-order valence-corrected chi connectivity index (χ1v) is 20.1. The Hall–Kier alpha value is -7.54. The Labute approximate surface area is 336 Å². The van der Waals surface area contributed by atoms with Crippen molar-refractivity contribution < 1.29 is 4.42 Å². The van der Waals surface area contributed by atoms with Gasteiger partial charge >= 0.3 is 0 Å². The van der Waals surface area contributed by atoms with E-state index in [4.69, 9.17) is 24.4 Å². The minimum atomic E-state index is 0.559. The van der Waals surface area contributed by atoms with Crippen LogP contribution < -0.4 is 0 Å². The molecule has 12 rings (SSSR count). The summed E-state index contributed by atoms with van der Waals surface area (Å²) < 4.78 is 8.92. The number of fused-ring (bicyclic) bond motifs is 9. The van der Waals surface area contributed by atoms with E-state index in [9.17, 15) is 0 Å². The minimum Gasteiger partial charge on any atom is -0.455 e. The molecular formula is C52H30N4OS. The molecule has 0 aliphatic carbocycles. The SMILES string of the molecule is c1ccc(-c2nc(-c3cccc(-c4ccc(-c5nc6c7ccccc7sc6c6ccccc56)c5ccccc45)c3)nc(-c3cccc4c3oc3ccccc34)n2)cc1. The lowest BCUT2D eigenvalue weighted by atomic mass is 9.91. The number of rotatable bonds is 5. The molecule has 6 heteroatoms. The van der Waals surface area contributed by atoms with Gasteiger partial charge in [-0.15, -0.1) is 11.3 Å². The summed E-state index contributed by atoms with van der Waals surface area (Å²) in [6.07, 6.45) is 0.